The highest BCUT2D eigenvalue weighted by Gasteiger charge is 2.23. The van der Waals surface area contributed by atoms with Crippen LogP contribution in [-0.4, -0.2) is 57.6 Å². The van der Waals surface area contributed by atoms with Crippen molar-refractivity contribution in [3.63, 3.8) is 0 Å². The maximum absolute atomic E-state index is 12.5. The van der Waals surface area contributed by atoms with Gasteiger partial charge in [-0.25, -0.2) is 17.9 Å². The summed E-state index contributed by atoms with van der Waals surface area (Å²) < 4.78 is 36.9. The molecule has 0 aliphatic carbocycles. The molecule has 2 heterocycles. The van der Waals surface area contributed by atoms with E-state index in [0.29, 0.717) is 12.1 Å². The molecule has 12 heteroatoms. The smallest absolute Gasteiger partial charge is 0.335 e. The van der Waals surface area contributed by atoms with Gasteiger partial charge in [0.2, 0.25) is 17.7 Å². The number of rotatable bonds is 7. The van der Waals surface area contributed by atoms with E-state index in [0.717, 1.165) is 11.3 Å². The van der Waals surface area contributed by atoms with E-state index in [1.807, 2.05) is 23.7 Å². The lowest BCUT2D eigenvalue weighted by molar-refractivity contribution is 0.256. The average molecular weight is 401 g/mol. The minimum atomic E-state index is -4.03. The van der Waals surface area contributed by atoms with Gasteiger partial charge in [0.15, 0.2) is 0 Å². The van der Waals surface area contributed by atoms with E-state index in [2.05, 4.69) is 15.3 Å². The normalized spacial score (nSPS) is 11.3. The van der Waals surface area contributed by atoms with E-state index in [1.165, 1.54) is 20.3 Å². The first-order chi connectivity index (χ1) is 12.2. The topological polar surface area (TPSA) is 123 Å². The van der Waals surface area contributed by atoms with Crippen molar-refractivity contribution < 1.29 is 22.7 Å². The first-order valence-electron chi connectivity index (χ1n) is 7.27. The SMILES string of the molecule is COc1cc(OC)nc(NC(=O)NS(=O)(=O)c2sccc2CN(C)C)n1. The van der Waals surface area contributed by atoms with E-state index >= 15 is 0 Å². The number of carbonyl (C=O) groups excluding carboxylic acids is 1. The zero-order valence-electron chi connectivity index (χ0n) is 14.6. The first kappa shape index (κ1) is 19.9. The lowest BCUT2D eigenvalue weighted by Gasteiger charge is -2.12. The van der Waals surface area contributed by atoms with E-state index in [1.54, 1.807) is 11.4 Å². The van der Waals surface area contributed by atoms with Crippen molar-refractivity contribution in [2.24, 2.45) is 0 Å². The van der Waals surface area contributed by atoms with Crippen LogP contribution in [0.25, 0.3) is 0 Å². The van der Waals surface area contributed by atoms with E-state index in [9.17, 15) is 13.2 Å². The van der Waals surface area contributed by atoms with Crippen LogP contribution in [0.15, 0.2) is 21.7 Å². The number of aromatic nitrogens is 2. The van der Waals surface area contributed by atoms with E-state index in [-0.39, 0.29) is 21.9 Å². The van der Waals surface area contributed by atoms with Crippen molar-refractivity contribution in [2.75, 3.05) is 33.6 Å². The maximum Gasteiger partial charge on any atom is 0.335 e. The number of hydrogen-bond donors (Lipinski definition) is 2. The Kier molecular flexibility index (Phi) is 6.34. The Morgan fingerprint density at radius 1 is 1.23 bits per heavy atom. The Labute approximate surface area is 155 Å². The Bertz CT molecular complexity index is 859. The number of carbonyl (C=O) groups is 1. The molecule has 0 atom stereocenters. The van der Waals surface area contributed by atoms with Crippen LogP contribution in [0.1, 0.15) is 5.56 Å². The number of ether oxygens (including phenoxy) is 2. The summed E-state index contributed by atoms with van der Waals surface area (Å²) in [4.78, 5) is 21.7. The van der Waals surface area contributed by atoms with Gasteiger partial charge in [0.1, 0.15) is 4.21 Å². The fraction of sp³-hybridized carbons (Fsp3) is 0.357. The number of urea groups is 1. The molecule has 10 nitrogen and oxygen atoms in total. The van der Waals surface area contributed by atoms with Crippen LogP contribution in [0.3, 0.4) is 0 Å². The predicted molar refractivity (Wildman–Crippen MR) is 96.2 cm³/mol. The second kappa shape index (κ2) is 8.29. The highest BCUT2D eigenvalue weighted by Crippen LogP contribution is 2.23. The minimum Gasteiger partial charge on any atom is -0.481 e. The summed E-state index contributed by atoms with van der Waals surface area (Å²) in [6.45, 7) is 0.428. The van der Waals surface area contributed by atoms with Crippen molar-refractivity contribution >= 4 is 33.3 Å². The molecular formula is C14H19N5O5S2. The third kappa shape index (κ3) is 5.03. The van der Waals surface area contributed by atoms with Gasteiger partial charge in [-0.05, 0) is 31.1 Å². The van der Waals surface area contributed by atoms with E-state index in [4.69, 9.17) is 9.47 Å². The summed E-state index contributed by atoms with van der Waals surface area (Å²) >= 11 is 1.03. The molecule has 142 valence electrons. The Morgan fingerprint density at radius 2 is 1.85 bits per heavy atom. The Balaban J connectivity index is 2.16. The number of sulfonamides is 1. The van der Waals surface area contributed by atoms with Crippen molar-refractivity contribution in [1.29, 1.82) is 0 Å². The van der Waals surface area contributed by atoms with E-state index < -0.39 is 16.1 Å². The summed E-state index contributed by atoms with van der Waals surface area (Å²) in [5.41, 5.74) is 0.597. The molecule has 2 aromatic heterocycles. The van der Waals surface area contributed by atoms with Crippen LogP contribution in [0.4, 0.5) is 10.7 Å². The average Bonchev–Trinajstić information content (AvgIpc) is 3.02. The van der Waals surface area contributed by atoms with Gasteiger partial charge in [0.25, 0.3) is 10.0 Å². The molecule has 0 aliphatic heterocycles. The summed E-state index contributed by atoms with van der Waals surface area (Å²) in [5.74, 6) is 0.150. The molecule has 0 spiro atoms. The molecule has 0 saturated heterocycles. The number of anilines is 1. The summed E-state index contributed by atoms with van der Waals surface area (Å²) in [6, 6.07) is 2.12. The Hall–Kier alpha value is -2.44. The summed E-state index contributed by atoms with van der Waals surface area (Å²) in [6.07, 6.45) is 0. The Morgan fingerprint density at radius 3 is 2.38 bits per heavy atom. The number of amides is 2. The van der Waals surface area contributed by atoms with Gasteiger partial charge in [-0.1, -0.05) is 0 Å². The molecule has 0 fully saturated rings. The van der Waals surface area contributed by atoms with Gasteiger partial charge in [0.05, 0.1) is 20.3 Å². The molecule has 0 radical (unpaired) electrons. The van der Waals surface area contributed by atoms with Crippen LogP contribution >= 0.6 is 11.3 Å². The second-order valence-corrected chi connectivity index (χ2v) is 8.10. The number of thiophene rings is 1. The predicted octanol–water partition coefficient (Wildman–Crippen LogP) is 1.13. The standard InChI is InChI=1S/C14H19N5O5S2/c1-19(2)8-9-5-6-25-12(9)26(21,22)18-14(20)17-13-15-10(23-3)7-11(16-13)24-4/h5-7H,8H2,1-4H3,(H2,15,16,17,18,20). The van der Waals surface area contributed by atoms with Gasteiger partial charge in [-0.15, -0.1) is 11.3 Å². The first-order valence-corrected chi connectivity index (χ1v) is 9.63. The molecule has 0 bridgehead atoms. The lowest BCUT2D eigenvalue weighted by Crippen LogP contribution is -2.35. The monoisotopic (exact) mass is 401 g/mol. The molecular weight excluding hydrogens is 382 g/mol. The van der Waals surface area contributed by atoms with Crippen LogP contribution in [-0.2, 0) is 16.6 Å². The molecule has 2 aromatic rings. The van der Waals surface area contributed by atoms with Crippen LogP contribution in [0, 0.1) is 0 Å². The minimum absolute atomic E-state index is 0.0745. The number of methoxy groups -OCH3 is 2. The van der Waals surface area contributed by atoms with Gasteiger partial charge in [0, 0.05) is 6.54 Å². The lowest BCUT2D eigenvalue weighted by atomic mass is 10.3. The molecule has 0 aromatic carbocycles. The molecule has 0 aliphatic rings. The van der Waals surface area contributed by atoms with Crippen molar-refractivity contribution in [3.8, 4) is 11.8 Å². The van der Waals surface area contributed by atoms with Gasteiger partial charge >= 0.3 is 6.03 Å². The third-order valence-electron chi connectivity index (χ3n) is 2.99. The fourth-order valence-corrected chi connectivity index (χ4v) is 4.28. The molecule has 26 heavy (non-hydrogen) atoms. The number of nitrogens with one attached hydrogen (secondary N) is 2. The van der Waals surface area contributed by atoms with Crippen LogP contribution in [0.5, 0.6) is 11.8 Å². The fourth-order valence-electron chi connectivity index (χ4n) is 1.98. The molecule has 0 unspecified atom stereocenters. The second-order valence-electron chi connectivity index (χ2n) is 5.31. The molecule has 2 amide bonds. The summed E-state index contributed by atoms with van der Waals surface area (Å²) in [5, 5.41) is 3.91. The largest absolute Gasteiger partial charge is 0.481 e. The molecule has 2 N–H and O–H groups in total. The van der Waals surface area contributed by atoms with Gasteiger partial charge in [-0.3, -0.25) is 5.32 Å². The number of nitrogens with zero attached hydrogens (tertiary/aromatic N) is 3. The van der Waals surface area contributed by atoms with Crippen molar-refractivity contribution in [2.45, 2.75) is 10.8 Å². The van der Waals surface area contributed by atoms with Crippen LogP contribution < -0.4 is 19.5 Å². The highest BCUT2D eigenvalue weighted by molar-refractivity contribution is 7.92. The van der Waals surface area contributed by atoms with Gasteiger partial charge in [-0.2, -0.15) is 9.97 Å². The van der Waals surface area contributed by atoms with Crippen molar-refractivity contribution in [1.82, 2.24) is 19.6 Å². The summed E-state index contributed by atoms with van der Waals surface area (Å²) in [7, 11) is 2.39. The zero-order valence-corrected chi connectivity index (χ0v) is 16.3. The molecule has 0 saturated carbocycles. The quantitative estimate of drug-likeness (QED) is 0.708. The molecule has 2 rings (SSSR count). The van der Waals surface area contributed by atoms with Crippen molar-refractivity contribution in [3.05, 3.63) is 23.1 Å². The van der Waals surface area contributed by atoms with Crippen LogP contribution in [0.2, 0.25) is 0 Å². The zero-order chi connectivity index (χ0) is 19.3. The highest BCUT2D eigenvalue weighted by atomic mass is 32.2. The maximum atomic E-state index is 12.5. The number of hydrogen-bond acceptors (Lipinski definition) is 9. The third-order valence-corrected chi connectivity index (χ3v) is 5.89. The van der Waals surface area contributed by atoms with Gasteiger partial charge < -0.3 is 14.4 Å².